The standard InChI is InChI=1S/C21H24N2OS/c1-3-16(2)23(15-17-9-5-4-6-10-17)21(24)14-13-20-22-18-11-7-8-12-19(18)25-20/h4-12,16H,3,13-15H2,1-2H3. The van der Waals surface area contributed by atoms with Crippen LogP contribution in [0.1, 0.15) is 37.3 Å². The molecule has 0 N–H and O–H groups in total. The first kappa shape index (κ1) is 17.6. The summed E-state index contributed by atoms with van der Waals surface area (Å²) in [6.07, 6.45) is 2.18. The quantitative estimate of drug-likeness (QED) is 0.596. The number of rotatable bonds is 7. The fraction of sp³-hybridized carbons (Fsp3) is 0.333. The Morgan fingerprint density at radius 3 is 2.56 bits per heavy atom. The molecule has 0 saturated carbocycles. The number of nitrogens with zero attached hydrogens (tertiary/aromatic N) is 2. The van der Waals surface area contributed by atoms with Crippen LogP contribution in [0.2, 0.25) is 0 Å². The highest BCUT2D eigenvalue weighted by atomic mass is 32.1. The van der Waals surface area contributed by atoms with Gasteiger partial charge in [0.2, 0.25) is 5.91 Å². The zero-order chi connectivity index (χ0) is 17.6. The van der Waals surface area contributed by atoms with Crippen molar-refractivity contribution in [3.63, 3.8) is 0 Å². The van der Waals surface area contributed by atoms with Gasteiger partial charge in [0.1, 0.15) is 0 Å². The van der Waals surface area contributed by atoms with Crippen molar-refractivity contribution < 1.29 is 4.79 Å². The van der Waals surface area contributed by atoms with Gasteiger partial charge in [0, 0.05) is 25.4 Å². The number of hydrogen-bond acceptors (Lipinski definition) is 3. The number of benzene rings is 2. The zero-order valence-corrected chi connectivity index (χ0v) is 15.6. The van der Waals surface area contributed by atoms with Crippen molar-refractivity contribution in [2.75, 3.05) is 0 Å². The van der Waals surface area contributed by atoms with Gasteiger partial charge < -0.3 is 4.90 Å². The van der Waals surface area contributed by atoms with Gasteiger partial charge in [0.15, 0.2) is 0 Å². The molecule has 0 fully saturated rings. The number of para-hydroxylation sites is 1. The van der Waals surface area contributed by atoms with Crippen LogP contribution in [0, 0.1) is 0 Å². The van der Waals surface area contributed by atoms with E-state index < -0.39 is 0 Å². The second kappa shape index (κ2) is 8.26. The first-order valence-electron chi connectivity index (χ1n) is 8.85. The summed E-state index contributed by atoms with van der Waals surface area (Å²) in [5, 5.41) is 1.04. The Labute approximate surface area is 153 Å². The largest absolute Gasteiger partial charge is 0.336 e. The molecule has 130 valence electrons. The smallest absolute Gasteiger partial charge is 0.223 e. The second-order valence-corrected chi connectivity index (χ2v) is 7.46. The molecule has 2 aromatic carbocycles. The molecule has 0 bridgehead atoms. The monoisotopic (exact) mass is 352 g/mol. The molecule has 1 aromatic heterocycles. The number of aromatic nitrogens is 1. The molecule has 0 spiro atoms. The Morgan fingerprint density at radius 1 is 1.12 bits per heavy atom. The normalized spacial score (nSPS) is 12.2. The average Bonchev–Trinajstić information content (AvgIpc) is 3.07. The van der Waals surface area contributed by atoms with E-state index >= 15 is 0 Å². The van der Waals surface area contributed by atoms with E-state index in [4.69, 9.17) is 0 Å². The zero-order valence-electron chi connectivity index (χ0n) is 14.8. The minimum absolute atomic E-state index is 0.206. The van der Waals surface area contributed by atoms with Crippen LogP contribution < -0.4 is 0 Å². The van der Waals surface area contributed by atoms with E-state index in [0.29, 0.717) is 19.4 Å². The number of carbonyl (C=O) groups excluding carboxylic acids is 1. The number of aryl methyl sites for hydroxylation is 1. The first-order chi connectivity index (χ1) is 12.2. The van der Waals surface area contributed by atoms with Gasteiger partial charge in [-0.2, -0.15) is 0 Å². The molecule has 4 heteroatoms. The topological polar surface area (TPSA) is 33.2 Å². The molecule has 1 amide bonds. The lowest BCUT2D eigenvalue weighted by atomic mass is 10.1. The fourth-order valence-electron chi connectivity index (χ4n) is 2.87. The number of hydrogen-bond donors (Lipinski definition) is 0. The van der Waals surface area contributed by atoms with Crippen molar-refractivity contribution in [1.29, 1.82) is 0 Å². The van der Waals surface area contributed by atoms with Crippen molar-refractivity contribution in [2.24, 2.45) is 0 Å². The lowest BCUT2D eigenvalue weighted by molar-refractivity contribution is -0.134. The predicted octanol–water partition coefficient (Wildman–Crippen LogP) is 5.06. The average molecular weight is 353 g/mol. The van der Waals surface area contributed by atoms with Crippen LogP contribution in [0.25, 0.3) is 10.2 Å². The Bertz CT molecular complexity index is 795. The van der Waals surface area contributed by atoms with E-state index in [-0.39, 0.29) is 11.9 Å². The van der Waals surface area contributed by atoms with Crippen LogP contribution in [0.3, 0.4) is 0 Å². The van der Waals surface area contributed by atoms with E-state index in [9.17, 15) is 4.79 Å². The lowest BCUT2D eigenvalue weighted by Crippen LogP contribution is -2.37. The summed E-state index contributed by atoms with van der Waals surface area (Å²) >= 11 is 1.69. The van der Waals surface area contributed by atoms with E-state index in [1.165, 1.54) is 10.3 Å². The second-order valence-electron chi connectivity index (χ2n) is 6.34. The Morgan fingerprint density at radius 2 is 1.84 bits per heavy atom. The van der Waals surface area contributed by atoms with Crippen LogP contribution in [0.5, 0.6) is 0 Å². The molecule has 1 unspecified atom stereocenters. The molecule has 1 heterocycles. The van der Waals surface area contributed by atoms with Gasteiger partial charge in [0.25, 0.3) is 0 Å². The van der Waals surface area contributed by atoms with E-state index in [1.807, 2.05) is 41.3 Å². The Kier molecular flexibility index (Phi) is 5.82. The third kappa shape index (κ3) is 4.45. The van der Waals surface area contributed by atoms with Crippen LogP contribution in [-0.4, -0.2) is 21.8 Å². The third-order valence-electron chi connectivity index (χ3n) is 4.53. The molecule has 0 saturated heterocycles. The lowest BCUT2D eigenvalue weighted by Gasteiger charge is -2.29. The first-order valence-corrected chi connectivity index (χ1v) is 9.67. The summed E-state index contributed by atoms with van der Waals surface area (Å²) in [5.74, 6) is 0.206. The highest BCUT2D eigenvalue weighted by Gasteiger charge is 2.19. The number of thiazole rings is 1. The van der Waals surface area contributed by atoms with E-state index in [1.54, 1.807) is 11.3 Å². The maximum Gasteiger partial charge on any atom is 0.223 e. The van der Waals surface area contributed by atoms with Gasteiger partial charge in [-0.1, -0.05) is 49.4 Å². The highest BCUT2D eigenvalue weighted by Crippen LogP contribution is 2.23. The highest BCUT2D eigenvalue weighted by molar-refractivity contribution is 7.18. The van der Waals surface area contributed by atoms with Crippen LogP contribution >= 0.6 is 11.3 Å². The van der Waals surface area contributed by atoms with Crippen molar-refractivity contribution >= 4 is 27.5 Å². The SMILES string of the molecule is CCC(C)N(Cc1ccccc1)C(=O)CCc1nc2ccccc2s1. The van der Waals surface area contributed by atoms with E-state index in [0.717, 1.165) is 16.9 Å². The third-order valence-corrected chi connectivity index (χ3v) is 5.63. The summed E-state index contributed by atoms with van der Waals surface area (Å²) in [4.78, 5) is 19.5. The van der Waals surface area contributed by atoms with Crippen LogP contribution in [0.4, 0.5) is 0 Å². The van der Waals surface area contributed by atoms with Crippen molar-refractivity contribution in [2.45, 2.75) is 45.7 Å². The molecule has 25 heavy (non-hydrogen) atoms. The van der Waals surface area contributed by atoms with Crippen LogP contribution in [0.15, 0.2) is 54.6 Å². The summed E-state index contributed by atoms with van der Waals surface area (Å²) in [7, 11) is 0. The van der Waals surface area contributed by atoms with Crippen LogP contribution in [-0.2, 0) is 17.8 Å². The van der Waals surface area contributed by atoms with Gasteiger partial charge in [-0.05, 0) is 31.0 Å². The molecule has 1 atom stereocenters. The van der Waals surface area contributed by atoms with Crippen molar-refractivity contribution in [1.82, 2.24) is 9.88 Å². The minimum atomic E-state index is 0.206. The maximum atomic E-state index is 12.8. The summed E-state index contributed by atoms with van der Waals surface area (Å²) < 4.78 is 1.19. The van der Waals surface area contributed by atoms with Gasteiger partial charge in [-0.25, -0.2) is 4.98 Å². The molecule has 3 aromatic rings. The minimum Gasteiger partial charge on any atom is -0.336 e. The fourth-order valence-corrected chi connectivity index (χ4v) is 3.84. The molecule has 0 aliphatic rings. The molecule has 0 radical (unpaired) electrons. The number of fused-ring (bicyclic) bond motifs is 1. The summed E-state index contributed by atoms with van der Waals surface area (Å²) in [6, 6.07) is 18.6. The number of amides is 1. The maximum absolute atomic E-state index is 12.8. The molecular formula is C21H24N2OS. The summed E-state index contributed by atoms with van der Waals surface area (Å²) in [6.45, 7) is 4.93. The van der Waals surface area contributed by atoms with E-state index in [2.05, 4.69) is 37.0 Å². The van der Waals surface area contributed by atoms with Gasteiger partial charge in [-0.15, -0.1) is 11.3 Å². The van der Waals surface area contributed by atoms with Gasteiger partial charge in [-0.3, -0.25) is 4.79 Å². The van der Waals surface area contributed by atoms with Crippen molar-refractivity contribution in [3.8, 4) is 0 Å². The van der Waals surface area contributed by atoms with Gasteiger partial charge >= 0.3 is 0 Å². The predicted molar refractivity (Wildman–Crippen MR) is 105 cm³/mol. The molecule has 3 rings (SSSR count). The van der Waals surface area contributed by atoms with Crippen molar-refractivity contribution in [3.05, 3.63) is 65.2 Å². The number of carbonyl (C=O) groups is 1. The Balaban J connectivity index is 1.67. The molecule has 0 aliphatic heterocycles. The molecular weight excluding hydrogens is 328 g/mol. The Hall–Kier alpha value is -2.20. The van der Waals surface area contributed by atoms with Gasteiger partial charge in [0.05, 0.1) is 15.2 Å². The molecule has 3 nitrogen and oxygen atoms in total. The summed E-state index contributed by atoms with van der Waals surface area (Å²) in [5.41, 5.74) is 2.20. The molecule has 0 aliphatic carbocycles.